The van der Waals surface area contributed by atoms with E-state index >= 15 is 0 Å². The molecule has 0 unspecified atom stereocenters. The van der Waals surface area contributed by atoms with Gasteiger partial charge >= 0.3 is 0 Å². The van der Waals surface area contributed by atoms with Gasteiger partial charge in [0.2, 0.25) is 5.91 Å². The molecule has 3 saturated carbocycles. The van der Waals surface area contributed by atoms with E-state index in [4.69, 9.17) is 14.2 Å². The Bertz CT molecular complexity index is 427. The molecule has 0 aliphatic heterocycles. The molecular weight excluding hydrogens is 346 g/mol. The van der Waals surface area contributed by atoms with Crippen LogP contribution in [-0.2, 0) is 23.8 Å². The van der Waals surface area contributed by atoms with Crippen molar-refractivity contribution in [3.63, 3.8) is 0 Å². The Morgan fingerprint density at radius 1 is 0.815 bits per heavy atom. The Hall–Kier alpha value is -0.980. The van der Waals surface area contributed by atoms with Gasteiger partial charge in [-0.1, -0.05) is 13.8 Å². The van der Waals surface area contributed by atoms with Crippen LogP contribution in [0.4, 0.5) is 0 Å². The van der Waals surface area contributed by atoms with Crippen molar-refractivity contribution in [3.8, 4) is 0 Å². The first-order valence-corrected chi connectivity index (χ1v) is 10.6. The third-order valence-corrected chi connectivity index (χ3v) is 5.82. The van der Waals surface area contributed by atoms with Gasteiger partial charge in [0.05, 0.1) is 33.0 Å². The van der Waals surface area contributed by atoms with Crippen LogP contribution in [0.2, 0.25) is 0 Å². The van der Waals surface area contributed by atoms with Crippen molar-refractivity contribution in [2.45, 2.75) is 78.2 Å². The second-order valence-corrected chi connectivity index (χ2v) is 7.34. The van der Waals surface area contributed by atoms with E-state index in [9.17, 15) is 9.59 Å². The summed E-state index contributed by atoms with van der Waals surface area (Å²) in [6.07, 6.45) is 5.89. The van der Waals surface area contributed by atoms with Gasteiger partial charge in [0.25, 0.3) is 0 Å². The largest absolute Gasteiger partial charge is 0.379 e. The maximum Gasteiger partial charge on any atom is 0.222 e. The molecule has 0 radical (unpaired) electrons. The maximum absolute atomic E-state index is 12.2. The highest BCUT2D eigenvalue weighted by atomic mass is 16.5. The standard InChI is InChI=1S/C19H33NO5.C2H6/c1-3-23-12-13-25-15-14-24-11-4-17(22)20-19-8-5-18(6-9-19,7-10-19)16(2)21;1-2/h3-15H2,1-2H3,(H,20,22);1-2H3. The van der Waals surface area contributed by atoms with Crippen LogP contribution >= 0.6 is 0 Å². The Morgan fingerprint density at radius 2 is 1.30 bits per heavy atom. The highest BCUT2D eigenvalue weighted by molar-refractivity contribution is 5.83. The maximum atomic E-state index is 12.2. The lowest BCUT2D eigenvalue weighted by Crippen LogP contribution is -2.58. The van der Waals surface area contributed by atoms with Crippen molar-refractivity contribution in [3.05, 3.63) is 0 Å². The molecule has 0 aromatic rings. The number of ether oxygens (including phenoxy) is 3. The number of fused-ring (bicyclic) bond motifs is 3. The summed E-state index contributed by atoms with van der Waals surface area (Å²) in [5.74, 6) is 0.374. The SMILES string of the molecule is CC.CCOCCOCCOCCC(=O)NC12CCC(C(C)=O)(CC1)CC2. The summed E-state index contributed by atoms with van der Waals surface area (Å²) >= 11 is 0. The molecule has 0 aromatic carbocycles. The number of carbonyl (C=O) groups excluding carboxylic acids is 2. The molecule has 2 bridgehead atoms. The Balaban J connectivity index is 0.00000176. The predicted octanol–water partition coefficient (Wildman–Crippen LogP) is 3.27. The number of rotatable bonds is 12. The minimum absolute atomic E-state index is 0.0505. The fourth-order valence-electron chi connectivity index (χ4n) is 4.01. The van der Waals surface area contributed by atoms with E-state index in [-0.39, 0.29) is 16.9 Å². The molecule has 6 heteroatoms. The third kappa shape index (κ3) is 7.51. The van der Waals surface area contributed by atoms with Crippen LogP contribution in [-0.4, -0.2) is 56.9 Å². The zero-order valence-electron chi connectivity index (χ0n) is 17.7. The van der Waals surface area contributed by atoms with Crippen LogP contribution in [0.15, 0.2) is 0 Å². The van der Waals surface area contributed by atoms with Gasteiger partial charge in [-0.3, -0.25) is 9.59 Å². The van der Waals surface area contributed by atoms with Gasteiger partial charge in [0, 0.05) is 24.0 Å². The van der Waals surface area contributed by atoms with Crippen LogP contribution in [0, 0.1) is 5.41 Å². The quantitative estimate of drug-likeness (QED) is 0.522. The van der Waals surface area contributed by atoms with E-state index in [0.29, 0.717) is 51.8 Å². The lowest BCUT2D eigenvalue weighted by Gasteiger charge is -2.52. The van der Waals surface area contributed by atoms with E-state index in [2.05, 4.69) is 5.32 Å². The molecule has 0 saturated heterocycles. The van der Waals surface area contributed by atoms with Gasteiger partial charge < -0.3 is 19.5 Å². The number of ketones is 1. The van der Waals surface area contributed by atoms with Crippen molar-refractivity contribution in [1.29, 1.82) is 0 Å². The van der Waals surface area contributed by atoms with Crippen LogP contribution in [0.3, 0.4) is 0 Å². The average molecular weight is 386 g/mol. The summed E-state index contributed by atoms with van der Waals surface area (Å²) in [6.45, 7) is 11.0. The molecule has 3 rings (SSSR count). The minimum Gasteiger partial charge on any atom is -0.379 e. The predicted molar refractivity (Wildman–Crippen MR) is 106 cm³/mol. The van der Waals surface area contributed by atoms with Crippen LogP contribution in [0.5, 0.6) is 0 Å². The zero-order chi connectivity index (χ0) is 20.2. The Kier molecular flexibility index (Phi) is 11.1. The monoisotopic (exact) mass is 385 g/mol. The fraction of sp³-hybridized carbons (Fsp3) is 0.905. The van der Waals surface area contributed by atoms with Crippen LogP contribution in [0.25, 0.3) is 0 Å². The summed E-state index contributed by atoms with van der Waals surface area (Å²) in [6, 6.07) is 0. The Morgan fingerprint density at radius 3 is 1.78 bits per heavy atom. The lowest BCUT2D eigenvalue weighted by atomic mass is 9.56. The molecule has 158 valence electrons. The molecule has 0 aromatic heterocycles. The molecule has 6 nitrogen and oxygen atoms in total. The van der Waals surface area contributed by atoms with Gasteiger partial charge in [-0.05, 0) is 52.4 Å². The van der Waals surface area contributed by atoms with Crippen molar-refractivity contribution >= 4 is 11.7 Å². The molecule has 0 spiro atoms. The van der Waals surface area contributed by atoms with Crippen molar-refractivity contribution < 1.29 is 23.8 Å². The number of amides is 1. The van der Waals surface area contributed by atoms with Crippen molar-refractivity contribution in [1.82, 2.24) is 5.32 Å². The first-order valence-electron chi connectivity index (χ1n) is 10.6. The molecule has 27 heavy (non-hydrogen) atoms. The van der Waals surface area contributed by atoms with E-state index in [1.165, 1.54) is 0 Å². The first-order chi connectivity index (χ1) is 13.0. The van der Waals surface area contributed by atoms with Gasteiger partial charge in [-0.25, -0.2) is 0 Å². The van der Waals surface area contributed by atoms with Gasteiger partial charge in [0.1, 0.15) is 5.78 Å². The van der Waals surface area contributed by atoms with Crippen molar-refractivity contribution in [2.24, 2.45) is 5.41 Å². The van der Waals surface area contributed by atoms with Gasteiger partial charge in [0.15, 0.2) is 0 Å². The molecule has 0 heterocycles. The number of nitrogens with one attached hydrogen (secondary N) is 1. The minimum atomic E-state index is -0.0994. The lowest BCUT2D eigenvalue weighted by molar-refractivity contribution is -0.135. The second-order valence-electron chi connectivity index (χ2n) is 7.34. The van der Waals surface area contributed by atoms with Crippen molar-refractivity contribution in [2.75, 3.05) is 39.6 Å². The summed E-state index contributed by atoms with van der Waals surface area (Å²) in [5, 5.41) is 3.22. The molecule has 3 fully saturated rings. The second kappa shape index (κ2) is 12.5. The van der Waals surface area contributed by atoms with E-state index < -0.39 is 0 Å². The first kappa shape index (κ1) is 24.1. The Labute approximate surface area is 164 Å². The van der Waals surface area contributed by atoms with E-state index in [0.717, 1.165) is 38.5 Å². The van der Waals surface area contributed by atoms with Gasteiger partial charge in [-0.2, -0.15) is 0 Å². The number of hydrogen-bond donors (Lipinski definition) is 1. The third-order valence-electron chi connectivity index (χ3n) is 5.82. The number of carbonyl (C=O) groups is 2. The molecule has 3 aliphatic rings. The molecular formula is C21H39NO5. The van der Waals surface area contributed by atoms with E-state index in [1.807, 2.05) is 20.8 Å². The molecule has 3 aliphatic carbocycles. The smallest absolute Gasteiger partial charge is 0.222 e. The highest BCUT2D eigenvalue weighted by Gasteiger charge is 2.51. The number of hydrogen-bond acceptors (Lipinski definition) is 5. The summed E-state index contributed by atoms with van der Waals surface area (Å²) in [7, 11) is 0. The van der Waals surface area contributed by atoms with E-state index in [1.54, 1.807) is 6.92 Å². The fourth-order valence-corrected chi connectivity index (χ4v) is 4.01. The van der Waals surface area contributed by atoms with Crippen LogP contribution < -0.4 is 5.32 Å². The summed E-state index contributed by atoms with van der Waals surface area (Å²) < 4.78 is 16.0. The average Bonchev–Trinajstić information content (AvgIpc) is 2.69. The number of Topliss-reactive ketones (excluding diaryl/α,β-unsaturated/α-hetero) is 1. The normalized spacial score (nSPS) is 26.2. The zero-order valence-corrected chi connectivity index (χ0v) is 17.7. The molecule has 1 amide bonds. The molecule has 0 atom stereocenters. The molecule has 1 N–H and O–H groups in total. The van der Waals surface area contributed by atoms with Crippen LogP contribution in [0.1, 0.15) is 72.6 Å². The van der Waals surface area contributed by atoms with Gasteiger partial charge in [-0.15, -0.1) is 0 Å². The highest BCUT2D eigenvalue weighted by Crippen LogP contribution is 2.52. The topological polar surface area (TPSA) is 73.9 Å². The summed E-state index contributed by atoms with van der Waals surface area (Å²) in [5.41, 5.74) is -0.186. The summed E-state index contributed by atoms with van der Waals surface area (Å²) in [4.78, 5) is 24.1.